The molecule has 2 aromatic carbocycles. The minimum absolute atomic E-state index is 0.173. The second kappa shape index (κ2) is 6.91. The van der Waals surface area contributed by atoms with E-state index < -0.39 is 0 Å². The Morgan fingerprint density at radius 3 is 2.72 bits per heavy atom. The molecule has 2 aliphatic rings. The van der Waals surface area contributed by atoms with Gasteiger partial charge in [-0.2, -0.15) is 0 Å². The van der Waals surface area contributed by atoms with Gasteiger partial charge in [0, 0.05) is 18.7 Å². The molecule has 4 rings (SSSR count). The first-order chi connectivity index (χ1) is 12.2. The van der Waals surface area contributed by atoms with Gasteiger partial charge in [0.05, 0.1) is 12.1 Å². The summed E-state index contributed by atoms with van der Waals surface area (Å²) in [6.45, 7) is 3.02. The first-order valence-corrected chi connectivity index (χ1v) is 9.44. The number of nitrogens with one attached hydrogen (secondary N) is 1. The molecule has 3 nitrogen and oxygen atoms in total. The molecule has 1 fully saturated rings. The lowest BCUT2D eigenvalue weighted by Crippen LogP contribution is -2.38. The molecule has 0 aliphatic carbocycles. The number of nitrogens with zero attached hydrogens (tertiary/aromatic N) is 1. The smallest absolute Gasteiger partial charge is 0.223 e. The van der Waals surface area contributed by atoms with Crippen molar-refractivity contribution in [2.75, 3.05) is 11.9 Å². The van der Waals surface area contributed by atoms with Crippen molar-refractivity contribution in [2.45, 2.75) is 51.1 Å². The maximum Gasteiger partial charge on any atom is 0.223 e. The van der Waals surface area contributed by atoms with E-state index in [1.54, 1.807) is 0 Å². The van der Waals surface area contributed by atoms with Crippen molar-refractivity contribution in [3.8, 4) is 0 Å². The van der Waals surface area contributed by atoms with Gasteiger partial charge in [-0.25, -0.2) is 0 Å². The first-order valence-electron chi connectivity index (χ1n) is 9.44. The SMILES string of the molecule is Cc1ccc2c(c1)[C@@H](N1CCCCCC1=O)C[C@@H](c1ccccc1)N2. The third-order valence-corrected chi connectivity index (χ3v) is 5.54. The van der Waals surface area contributed by atoms with Gasteiger partial charge in [0.15, 0.2) is 0 Å². The number of carbonyl (C=O) groups excluding carboxylic acids is 1. The summed E-state index contributed by atoms with van der Waals surface area (Å²) < 4.78 is 0. The van der Waals surface area contributed by atoms with Crippen LogP contribution in [0, 0.1) is 6.92 Å². The van der Waals surface area contributed by atoms with E-state index >= 15 is 0 Å². The fourth-order valence-corrected chi connectivity index (χ4v) is 4.22. The number of hydrogen-bond acceptors (Lipinski definition) is 2. The van der Waals surface area contributed by atoms with Crippen LogP contribution in [-0.4, -0.2) is 17.4 Å². The highest BCUT2D eigenvalue weighted by Crippen LogP contribution is 2.43. The Hall–Kier alpha value is -2.29. The van der Waals surface area contributed by atoms with Crippen molar-refractivity contribution in [3.05, 3.63) is 65.2 Å². The number of aryl methyl sites for hydroxylation is 1. The summed E-state index contributed by atoms with van der Waals surface area (Å²) in [5.41, 5.74) is 5.00. The molecular formula is C22H26N2O. The Balaban J connectivity index is 1.73. The maximum absolute atomic E-state index is 12.8. The summed E-state index contributed by atoms with van der Waals surface area (Å²) in [6, 6.07) is 17.6. The standard InChI is InChI=1S/C22H26N2O/c1-16-11-12-19-18(14-16)21(24-13-7-3-6-10-22(24)25)15-20(23-19)17-8-4-2-5-9-17/h2,4-5,8-9,11-12,14,20-21,23H,3,6-7,10,13,15H2,1H3/t20-,21-/m0/s1. The highest BCUT2D eigenvalue weighted by molar-refractivity contribution is 5.77. The molecule has 1 saturated heterocycles. The van der Waals surface area contributed by atoms with E-state index in [1.807, 2.05) is 0 Å². The molecule has 0 saturated carbocycles. The van der Waals surface area contributed by atoms with E-state index in [9.17, 15) is 4.79 Å². The normalized spacial score (nSPS) is 23.6. The van der Waals surface area contributed by atoms with Crippen LogP contribution in [0.1, 0.15) is 60.9 Å². The minimum atomic E-state index is 0.173. The number of rotatable bonds is 2. The molecule has 0 radical (unpaired) electrons. The number of carbonyl (C=O) groups is 1. The number of hydrogen-bond donors (Lipinski definition) is 1. The summed E-state index contributed by atoms with van der Waals surface area (Å²) in [5, 5.41) is 3.70. The molecule has 1 N–H and O–H groups in total. The predicted octanol–water partition coefficient (Wildman–Crippen LogP) is 5.00. The van der Waals surface area contributed by atoms with Gasteiger partial charge in [-0.3, -0.25) is 4.79 Å². The van der Waals surface area contributed by atoms with Crippen LogP contribution in [0.5, 0.6) is 0 Å². The largest absolute Gasteiger partial charge is 0.378 e. The van der Waals surface area contributed by atoms with E-state index in [0.717, 1.165) is 32.2 Å². The van der Waals surface area contributed by atoms with Gasteiger partial charge in [0.25, 0.3) is 0 Å². The Bertz CT molecular complexity index is 756. The molecule has 0 bridgehead atoms. The van der Waals surface area contributed by atoms with Crippen LogP contribution >= 0.6 is 0 Å². The molecule has 130 valence electrons. The molecule has 0 aromatic heterocycles. The number of amides is 1. The van der Waals surface area contributed by atoms with Gasteiger partial charge in [-0.1, -0.05) is 54.4 Å². The molecule has 1 amide bonds. The Morgan fingerprint density at radius 2 is 1.88 bits per heavy atom. The van der Waals surface area contributed by atoms with E-state index in [-0.39, 0.29) is 12.1 Å². The Kier molecular flexibility index (Phi) is 4.48. The molecule has 2 atom stereocenters. The summed E-state index contributed by atoms with van der Waals surface area (Å²) in [7, 11) is 0. The number of anilines is 1. The fourth-order valence-electron chi connectivity index (χ4n) is 4.22. The third-order valence-electron chi connectivity index (χ3n) is 5.54. The summed E-state index contributed by atoms with van der Waals surface area (Å²) in [4.78, 5) is 14.9. The highest BCUT2D eigenvalue weighted by atomic mass is 16.2. The molecule has 25 heavy (non-hydrogen) atoms. The molecular weight excluding hydrogens is 308 g/mol. The van der Waals surface area contributed by atoms with Crippen LogP contribution in [0.15, 0.2) is 48.5 Å². The molecule has 2 aromatic rings. The quantitative estimate of drug-likeness (QED) is 0.838. The lowest BCUT2D eigenvalue weighted by Gasteiger charge is -2.40. The Morgan fingerprint density at radius 1 is 1.04 bits per heavy atom. The highest BCUT2D eigenvalue weighted by Gasteiger charge is 2.34. The lowest BCUT2D eigenvalue weighted by atomic mass is 9.87. The second-order valence-electron chi connectivity index (χ2n) is 7.35. The minimum Gasteiger partial charge on any atom is -0.378 e. The molecule has 0 unspecified atom stereocenters. The van der Waals surface area contributed by atoms with Crippen molar-refractivity contribution in [1.29, 1.82) is 0 Å². The van der Waals surface area contributed by atoms with Gasteiger partial charge >= 0.3 is 0 Å². The molecule has 3 heteroatoms. The fraction of sp³-hybridized carbons (Fsp3) is 0.409. The summed E-state index contributed by atoms with van der Waals surface area (Å²) in [6.07, 6.45) is 4.94. The summed E-state index contributed by atoms with van der Waals surface area (Å²) >= 11 is 0. The van der Waals surface area contributed by atoms with Crippen molar-refractivity contribution in [2.24, 2.45) is 0 Å². The van der Waals surface area contributed by atoms with Gasteiger partial charge < -0.3 is 10.2 Å². The molecule has 2 aliphatic heterocycles. The predicted molar refractivity (Wildman–Crippen MR) is 102 cm³/mol. The number of benzene rings is 2. The van der Waals surface area contributed by atoms with Crippen LogP contribution in [0.3, 0.4) is 0 Å². The van der Waals surface area contributed by atoms with Gasteiger partial charge in [-0.05, 0) is 43.4 Å². The molecule has 0 spiro atoms. The number of likely N-dealkylation sites (tertiary alicyclic amines) is 1. The van der Waals surface area contributed by atoms with Crippen LogP contribution in [0.4, 0.5) is 5.69 Å². The van der Waals surface area contributed by atoms with Crippen LogP contribution in [0.2, 0.25) is 0 Å². The second-order valence-corrected chi connectivity index (χ2v) is 7.35. The van der Waals surface area contributed by atoms with Crippen LogP contribution in [-0.2, 0) is 4.79 Å². The van der Waals surface area contributed by atoms with Crippen molar-refractivity contribution < 1.29 is 4.79 Å². The van der Waals surface area contributed by atoms with Crippen LogP contribution in [0.25, 0.3) is 0 Å². The van der Waals surface area contributed by atoms with E-state index in [4.69, 9.17) is 0 Å². The first kappa shape index (κ1) is 16.2. The number of fused-ring (bicyclic) bond motifs is 1. The van der Waals surface area contributed by atoms with Crippen LogP contribution < -0.4 is 5.32 Å². The zero-order valence-electron chi connectivity index (χ0n) is 14.9. The van der Waals surface area contributed by atoms with Crippen molar-refractivity contribution in [1.82, 2.24) is 4.90 Å². The average molecular weight is 334 g/mol. The Labute approximate surface area is 150 Å². The topological polar surface area (TPSA) is 32.3 Å². The van der Waals surface area contributed by atoms with Crippen molar-refractivity contribution >= 4 is 11.6 Å². The molecule has 2 heterocycles. The third kappa shape index (κ3) is 3.28. The lowest BCUT2D eigenvalue weighted by molar-refractivity contribution is -0.133. The van der Waals surface area contributed by atoms with E-state index in [0.29, 0.717) is 12.3 Å². The zero-order chi connectivity index (χ0) is 17.2. The van der Waals surface area contributed by atoms with E-state index in [2.05, 4.69) is 65.7 Å². The maximum atomic E-state index is 12.8. The van der Waals surface area contributed by atoms with Gasteiger partial charge in [0.2, 0.25) is 5.91 Å². The summed E-state index contributed by atoms with van der Waals surface area (Å²) in [5.74, 6) is 0.323. The zero-order valence-corrected chi connectivity index (χ0v) is 14.9. The van der Waals surface area contributed by atoms with Crippen molar-refractivity contribution in [3.63, 3.8) is 0 Å². The average Bonchev–Trinajstić information content (AvgIpc) is 2.86. The van der Waals surface area contributed by atoms with Gasteiger partial charge in [0.1, 0.15) is 0 Å². The van der Waals surface area contributed by atoms with Gasteiger partial charge in [-0.15, -0.1) is 0 Å². The van der Waals surface area contributed by atoms with E-state index in [1.165, 1.54) is 22.4 Å². The monoisotopic (exact) mass is 334 g/mol.